The van der Waals surface area contributed by atoms with Gasteiger partial charge in [-0.05, 0) is 56.2 Å². The van der Waals surface area contributed by atoms with E-state index in [1.165, 1.54) is 31.2 Å². The molecule has 1 aliphatic rings. The van der Waals surface area contributed by atoms with Crippen LogP contribution in [0.1, 0.15) is 44.6 Å². The largest absolute Gasteiger partial charge is 0.418 e. The first-order valence-electron chi connectivity index (χ1n) is 12.1. The maximum atomic E-state index is 13.8. The fraction of sp³-hybridized carbons (Fsp3) is 0.423. The van der Waals surface area contributed by atoms with Crippen molar-refractivity contribution in [1.82, 2.24) is 5.32 Å². The van der Waals surface area contributed by atoms with Gasteiger partial charge in [-0.3, -0.25) is 23.5 Å². The summed E-state index contributed by atoms with van der Waals surface area (Å²) in [6.45, 7) is 1.31. The highest BCUT2D eigenvalue weighted by Gasteiger charge is 2.39. The number of alkyl halides is 3. The smallest absolute Gasteiger partial charge is 0.352 e. The van der Waals surface area contributed by atoms with Gasteiger partial charge in [0.15, 0.2) is 0 Å². The highest BCUT2D eigenvalue weighted by atomic mass is 32.2. The van der Waals surface area contributed by atoms with E-state index in [-0.39, 0.29) is 11.7 Å². The molecule has 1 fully saturated rings. The highest BCUT2D eigenvalue weighted by molar-refractivity contribution is 7.86. The van der Waals surface area contributed by atoms with Crippen LogP contribution in [0.2, 0.25) is 0 Å². The maximum absolute atomic E-state index is 13.8. The van der Waals surface area contributed by atoms with Crippen LogP contribution in [0.4, 0.5) is 28.9 Å². The maximum Gasteiger partial charge on any atom is 0.418 e. The molecule has 0 spiro atoms. The minimum atomic E-state index is -4.82. The average molecular weight is 556 g/mol. The van der Waals surface area contributed by atoms with Crippen molar-refractivity contribution in [3.05, 3.63) is 59.9 Å². The summed E-state index contributed by atoms with van der Waals surface area (Å²) in [5.74, 6) is -4.28. The van der Waals surface area contributed by atoms with E-state index in [4.69, 9.17) is 0 Å². The number of carbonyl (C=O) groups is 3. The van der Waals surface area contributed by atoms with Gasteiger partial charge in [-0.2, -0.15) is 13.2 Å². The van der Waals surface area contributed by atoms with Crippen LogP contribution in [-0.2, 0) is 31.4 Å². The van der Waals surface area contributed by atoms with E-state index in [1.54, 1.807) is 0 Å². The quantitative estimate of drug-likeness (QED) is 0.449. The van der Waals surface area contributed by atoms with Crippen LogP contribution in [-0.4, -0.2) is 45.5 Å². The lowest BCUT2D eigenvalue weighted by Crippen LogP contribution is -2.52. The molecule has 2 N–H and O–H groups in total. The van der Waals surface area contributed by atoms with Crippen molar-refractivity contribution >= 4 is 39.9 Å². The average Bonchev–Trinajstić information content (AvgIpc) is 2.85. The number of nitrogens with zero attached hydrogens (tertiary/aromatic N) is 1. The van der Waals surface area contributed by atoms with Gasteiger partial charge in [0.25, 0.3) is 0 Å². The first-order chi connectivity index (χ1) is 18.0. The highest BCUT2D eigenvalue weighted by Crippen LogP contribution is 2.37. The van der Waals surface area contributed by atoms with E-state index in [9.17, 15) is 36.2 Å². The van der Waals surface area contributed by atoms with Crippen molar-refractivity contribution in [1.29, 1.82) is 0 Å². The molecule has 0 aromatic heterocycles. The first kappa shape index (κ1) is 29.3. The van der Waals surface area contributed by atoms with Gasteiger partial charge in [-0.1, -0.05) is 31.4 Å². The minimum Gasteiger partial charge on any atom is -0.352 e. The van der Waals surface area contributed by atoms with E-state index >= 15 is 0 Å². The summed E-state index contributed by atoms with van der Waals surface area (Å²) in [6, 6.07) is 7.70. The Hall–Kier alpha value is -3.28. The third kappa shape index (κ3) is 8.11. The number of anilines is 2. The van der Waals surface area contributed by atoms with Crippen LogP contribution < -0.4 is 15.5 Å². The normalized spacial score (nSPS) is 15.8. The van der Waals surface area contributed by atoms with Gasteiger partial charge in [0.05, 0.1) is 11.3 Å². The molecule has 0 saturated heterocycles. The zero-order valence-electron chi connectivity index (χ0n) is 20.7. The molecule has 0 radical (unpaired) electrons. The molecule has 3 amide bonds. The number of rotatable bonds is 9. The topological polar surface area (TPSA) is 95.6 Å². The van der Waals surface area contributed by atoms with Crippen molar-refractivity contribution in [2.45, 2.75) is 57.3 Å². The molecule has 2 aromatic rings. The minimum absolute atomic E-state index is 0.141. The molecule has 3 rings (SSSR count). The molecular formula is C26H29F4N3O4S. The molecule has 38 heavy (non-hydrogen) atoms. The van der Waals surface area contributed by atoms with E-state index in [2.05, 4.69) is 10.6 Å². The van der Waals surface area contributed by atoms with Crippen molar-refractivity contribution in [2.24, 2.45) is 0 Å². The van der Waals surface area contributed by atoms with Crippen molar-refractivity contribution in [2.75, 3.05) is 21.7 Å². The molecule has 1 saturated carbocycles. The first-order valence-corrected chi connectivity index (χ1v) is 13.6. The third-order valence-corrected chi connectivity index (χ3v) is 7.31. The number of benzene rings is 2. The molecule has 1 aliphatic carbocycles. The van der Waals surface area contributed by atoms with Crippen LogP contribution in [0.15, 0.2) is 48.5 Å². The fourth-order valence-electron chi connectivity index (χ4n) is 4.30. The number of amides is 3. The molecule has 0 bridgehead atoms. The number of halogens is 4. The summed E-state index contributed by atoms with van der Waals surface area (Å²) >= 11 is 0. The molecular weight excluding hydrogens is 526 g/mol. The summed E-state index contributed by atoms with van der Waals surface area (Å²) in [5.41, 5.74) is -1.41. The van der Waals surface area contributed by atoms with Crippen LogP contribution in [0.3, 0.4) is 0 Å². The zero-order chi connectivity index (χ0) is 27.9. The number of para-hydroxylation sites is 1. The zero-order valence-corrected chi connectivity index (χ0v) is 21.5. The second kappa shape index (κ2) is 13.0. The summed E-state index contributed by atoms with van der Waals surface area (Å²) in [7, 11) is -2.11. The fourth-order valence-corrected chi connectivity index (χ4v) is 5.18. The lowest BCUT2D eigenvalue weighted by atomic mass is 9.95. The summed E-state index contributed by atoms with van der Waals surface area (Å²) in [5, 5.41) is 5.23. The van der Waals surface area contributed by atoms with Gasteiger partial charge in [0.2, 0.25) is 17.7 Å². The molecule has 7 nitrogen and oxygen atoms in total. The van der Waals surface area contributed by atoms with E-state index in [0.29, 0.717) is 4.90 Å². The second-order valence-electron chi connectivity index (χ2n) is 9.08. The number of carbonyl (C=O) groups excluding carboxylic acids is 3. The van der Waals surface area contributed by atoms with E-state index in [0.717, 1.165) is 56.4 Å². The molecule has 2 aromatic carbocycles. The van der Waals surface area contributed by atoms with Crippen molar-refractivity contribution in [3.63, 3.8) is 0 Å². The Labute approximate surface area is 220 Å². The van der Waals surface area contributed by atoms with Crippen molar-refractivity contribution < 1.29 is 36.2 Å². The van der Waals surface area contributed by atoms with Gasteiger partial charge in [0.1, 0.15) is 23.4 Å². The van der Waals surface area contributed by atoms with Gasteiger partial charge < -0.3 is 10.6 Å². The Morgan fingerprint density at radius 1 is 1.00 bits per heavy atom. The predicted octanol–water partition coefficient (Wildman–Crippen LogP) is 4.40. The van der Waals surface area contributed by atoms with Crippen molar-refractivity contribution in [3.8, 4) is 0 Å². The van der Waals surface area contributed by atoms with Gasteiger partial charge in [-0.25, -0.2) is 4.39 Å². The van der Waals surface area contributed by atoms with E-state index < -0.39 is 69.3 Å². The molecule has 206 valence electrons. The van der Waals surface area contributed by atoms with E-state index in [1.807, 2.05) is 0 Å². The number of nitrogens with one attached hydrogen (secondary N) is 2. The van der Waals surface area contributed by atoms with Gasteiger partial charge in [0, 0.05) is 22.5 Å². The summed E-state index contributed by atoms with van der Waals surface area (Å²) < 4.78 is 67.1. The number of hydrogen-bond donors (Lipinski definition) is 2. The second-order valence-corrected chi connectivity index (χ2v) is 10.5. The van der Waals surface area contributed by atoms with Gasteiger partial charge >= 0.3 is 6.18 Å². The lowest BCUT2D eigenvalue weighted by Gasteiger charge is -2.32. The summed E-state index contributed by atoms with van der Waals surface area (Å²) in [6.07, 6.45) is -0.484. The lowest BCUT2D eigenvalue weighted by molar-refractivity contribution is -0.137. The monoisotopic (exact) mass is 555 g/mol. The Kier molecular flexibility index (Phi) is 10.0. The van der Waals surface area contributed by atoms with Crippen LogP contribution >= 0.6 is 0 Å². The Morgan fingerprint density at radius 2 is 1.63 bits per heavy atom. The molecule has 0 aliphatic heterocycles. The third-order valence-electron chi connectivity index (χ3n) is 6.16. The molecule has 2 atom stereocenters. The Bertz CT molecular complexity index is 1170. The molecule has 12 heteroatoms. The Balaban J connectivity index is 1.78. The SMILES string of the molecule is C[C@H](C(=O)NC1CCCCC1)N(C(=O)C[S@](=O)CC(=O)Nc1ccc(F)cc1)c1ccccc1C(F)(F)F. The predicted molar refractivity (Wildman–Crippen MR) is 136 cm³/mol. The van der Waals surface area contributed by atoms with Crippen LogP contribution in [0.5, 0.6) is 0 Å². The standard InChI is InChI=1S/C26H29F4N3O4S/c1-17(25(36)32-19-7-3-2-4-8-19)33(22-10-6-5-9-21(22)26(28,29)30)24(35)16-38(37)15-23(34)31-20-13-11-18(27)12-14-20/h5-6,9-14,17,19H,2-4,7-8,15-16H2,1H3,(H,31,34)(H,32,36)/t17-,38-/m1/s1. The Morgan fingerprint density at radius 3 is 2.26 bits per heavy atom. The molecule has 0 unspecified atom stereocenters. The summed E-state index contributed by atoms with van der Waals surface area (Å²) in [4.78, 5) is 39.2. The van der Waals surface area contributed by atoms with Crippen LogP contribution in [0, 0.1) is 5.82 Å². The molecule has 0 heterocycles. The van der Waals surface area contributed by atoms with Gasteiger partial charge in [-0.15, -0.1) is 0 Å². The number of hydrogen-bond acceptors (Lipinski definition) is 4. The van der Waals surface area contributed by atoms with Crippen LogP contribution in [0.25, 0.3) is 0 Å².